The maximum atomic E-state index is 15.2. The second-order valence-electron chi connectivity index (χ2n) is 12.4. The number of pyridine rings is 1. The molecule has 0 bridgehead atoms. The van der Waals surface area contributed by atoms with Crippen molar-refractivity contribution in [2.45, 2.75) is 25.1 Å². The molecule has 1 aromatic heterocycles. The number of rotatable bonds is 9. The zero-order valence-electron chi connectivity index (χ0n) is 27.0. The SMILES string of the molecule is COCC1CCN(c2cc(F)c(C(=O)N[C@@H](Cc3cccc4c(-c5c(C(F)(F)F)c6ccccc6n(C)c5=O)cccc34)C(=O)O)c(F)c2)C1. The number of amides is 1. The van der Waals surface area contributed by atoms with Crippen LogP contribution in [-0.2, 0) is 29.2 Å². The number of alkyl halides is 3. The molecule has 1 amide bonds. The lowest BCUT2D eigenvalue weighted by molar-refractivity contribution is -0.139. The Morgan fingerprint density at radius 1 is 0.980 bits per heavy atom. The number of nitrogens with zero attached hydrogens (tertiary/aromatic N) is 2. The van der Waals surface area contributed by atoms with Crippen molar-refractivity contribution in [1.29, 1.82) is 0 Å². The van der Waals surface area contributed by atoms with Gasteiger partial charge in [0.05, 0.1) is 23.3 Å². The van der Waals surface area contributed by atoms with Gasteiger partial charge in [-0.05, 0) is 46.5 Å². The fraction of sp³-hybridized carbons (Fsp3) is 0.270. The minimum absolute atomic E-state index is 0.0188. The van der Waals surface area contributed by atoms with Gasteiger partial charge in [-0.2, -0.15) is 13.2 Å². The van der Waals surface area contributed by atoms with E-state index in [0.29, 0.717) is 30.6 Å². The molecule has 0 aliphatic carbocycles. The first-order chi connectivity index (χ1) is 23.8. The van der Waals surface area contributed by atoms with Crippen LogP contribution >= 0.6 is 0 Å². The van der Waals surface area contributed by atoms with E-state index < -0.39 is 58.0 Å². The predicted molar refractivity (Wildman–Crippen MR) is 178 cm³/mol. The van der Waals surface area contributed by atoms with Crippen LogP contribution in [0.5, 0.6) is 0 Å². The number of carbonyl (C=O) groups is 2. The number of fused-ring (bicyclic) bond motifs is 2. The number of carboxylic acid groups (broad SMARTS) is 1. The lowest BCUT2D eigenvalue weighted by Crippen LogP contribution is -2.43. The van der Waals surface area contributed by atoms with Crippen LogP contribution in [0, 0.1) is 17.6 Å². The molecule has 2 atom stereocenters. The first-order valence-corrected chi connectivity index (χ1v) is 15.8. The van der Waals surface area contributed by atoms with Gasteiger partial charge >= 0.3 is 12.1 Å². The molecule has 4 aromatic carbocycles. The summed E-state index contributed by atoms with van der Waals surface area (Å²) in [4.78, 5) is 40.8. The summed E-state index contributed by atoms with van der Waals surface area (Å²) in [6, 6.07) is 15.0. The van der Waals surface area contributed by atoms with Crippen LogP contribution in [-0.4, -0.2) is 54.4 Å². The number of hydrogen-bond donors (Lipinski definition) is 2. The summed E-state index contributed by atoms with van der Waals surface area (Å²) < 4.78 is 80.7. The van der Waals surface area contributed by atoms with Gasteiger partial charge in [0.25, 0.3) is 11.5 Å². The van der Waals surface area contributed by atoms with Crippen molar-refractivity contribution in [2.24, 2.45) is 13.0 Å². The molecule has 1 saturated heterocycles. The van der Waals surface area contributed by atoms with Crippen molar-refractivity contribution in [3.05, 3.63) is 111 Å². The number of methoxy groups -OCH3 is 1. The highest BCUT2D eigenvalue weighted by atomic mass is 19.4. The molecular weight excluding hydrogens is 661 g/mol. The topological polar surface area (TPSA) is 101 Å². The molecule has 1 aliphatic heterocycles. The third kappa shape index (κ3) is 6.40. The normalized spacial score (nSPS) is 15.5. The number of carboxylic acids is 1. The molecule has 13 heteroatoms. The monoisotopic (exact) mass is 693 g/mol. The maximum Gasteiger partial charge on any atom is 0.417 e. The van der Waals surface area contributed by atoms with Crippen LogP contribution < -0.4 is 15.8 Å². The summed E-state index contributed by atoms with van der Waals surface area (Å²) in [5.41, 5.74) is -2.86. The van der Waals surface area contributed by atoms with E-state index in [1.165, 1.54) is 61.6 Å². The van der Waals surface area contributed by atoms with Crippen molar-refractivity contribution >= 4 is 39.2 Å². The Kier molecular flexibility index (Phi) is 9.36. The molecule has 2 N–H and O–H groups in total. The summed E-state index contributed by atoms with van der Waals surface area (Å²) in [7, 11) is 2.95. The number of aromatic nitrogens is 1. The quantitative estimate of drug-likeness (QED) is 0.170. The molecule has 1 aliphatic rings. The first-order valence-electron chi connectivity index (χ1n) is 15.8. The number of carbonyl (C=O) groups excluding carboxylic acids is 1. The molecule has 1 fully saturated rings. The highest BCUT2D eigenvalue weighted by Gasteiger charge is 2.38. The van der Waals surface area contributed by atoms with Crippen LogP contribution in [0.2, 0.25) is 0 Å². The van der Waals surface area contributed by atoms with Crippen molar-refractivity contribution in [1.82, 2.24) is 9.88 Å². The van der Waals surface area contributed by atoms with Gasteiger partial charge in [-0.15, -0.1) is 0 Å². The third-order valence-electron chi connectivity index (χ3n) is 9.20. The zero-order chi connectivity index (χ0) is 35.9. The van der Waals surface area contributed by atoms with E-state index in [4.69, 9.17) is 4.74 Å². The lowest BCUT2D eigenvalue weighted by Gasteiger charge is -2.21. The van der Waals surface area contributed by atoms with E-state index in [1.807, 2.05) is 0 Å². The van der Waals surface area contributed by atoms with Gasteiger partial charge in [-0.1, -0.05) is 54.6 Å². The highest BCUT2D eigenvalue weighted by molar-refractivity contribution is 6.02. The van der Waals surface area contributed by atoms with Crippen LogP contribution in [0.3, 0.4) is 0 Å². The third-order valence-corrected chi connectivity index (χ3v) is 9.20. The molecular formula is C37H32F5N3O5. The summed E-state index contributed by atoms with van der Waals surface area (Å²) in [6.07, 6.45) is -4.53. The Bertz CT molecular complexity index is 2180. The number of aryl methyl sites for hydroxylation is 1. The Balaban J connectivity index is 1.34. The van der Waals surface area contributed by atoms with Gasteiger partial charge in [0, 0.05) is 50.7 Å². The Morgan fingerprint density at radius 2 is 1.64 bits per heavy atom. The smallest absolute Gasteiger partial charge is 0.417 e. The summed E-state index contributed by atoms with van der Waals surface area (Å²) in [5, 5.41) is 12.6. The van der Waals surface area contributed by atoms with Gasteiger partial charge in [-0.25, -0.2) is 13.6 Å². The largest absolute Gasteiger partial charge is 0.480 e. The first kappa shape index (κ1) is 34.6. The number of aliphatic carboxylic acids is 1. The molecule has 2 heterocycles. The van der Waals surface area contributed by atoms with Crippen LogP contribution in [0.1, 0.15) is 27.9 Å². The summed E-state index contributed by atoms with van der Waals surface area (Å²) in [6.45, 7) is 1.55. The second-order valence-corrected chi connectivity index (χ2v) is 12.4. The van der Waals surface area contributed by atoms with Crippen molar-refractivity contribution < 1.29 is 41.4 Å². The predicted octanol–water partition coefficient (Wildman–Crippen LogP) is 6.55. The average Bonchev–Trinajstić information content (AvgIpc) is 3.54. The van der Waals surface area contributed by atoms with Crippen LogP contribution in [0.4, 0.5) is 27.6 Å². The van der Waals surface area contributed by atoms with Crippen LogP contribution in [0.15, 0.2) is 77.6 Å². The Hall–Kier alpha value is -5.30. The van der Waals surface area contributed by atoms with Gasteiger partial charge in [0.2, 0.25) is 0 Å². The average molecular weight is 694 g/mol. The number of nitrogens with one attached hydrogen (secondary N) is 1. The van der Waals surface area contributed by atoms with Crippen molar-refractivity contribution in [2.75, 3.05) is 31.7 Å². The number of anilines is 1. The molecule has 6 rings (SSSR count). The molecule has 5 aromatic rings. The standard InChI is InChI=1S/C37H32F5N3O5/c1-44-30-12-4-3-8-26(30)33(37(40,41)42)31(35(44)47)25-11-6-9-23-21(7-5-10-24(23)25)15-29(36(48)49)43-34(46)32-27(38)16-22(17-28(32)39)45-14-13-20(18-45)19-50-2/h3-12,16-17,20,29H,13-15,18-19H2,1-2H3,(H,43,46)(H,48,49)/t20?,29-/m0/s1. The fourth-order valence-electron chi connectivity index (χ4n) is 6.86. The van der Waals surface area contributed by atoms with E-state index in [1.54, 1.807) is 18.1 Å². The van der Waals surface area contributed by atoms with E-state index >= 15 is 8.78 Å². The van der Waals surface area contributed by atoms with Crippen molar-refractivity contribution in [3.8, 4) is 11.1 Å². The number of ether oxygens (including phenoxy) is 1. The Morgan fingerprint density at radius 3 is 2.32 bits per heavy atom. The highest BCUT2D eigenvalue weighted by Crippen LogP contribution is 2.42. The molecule has 0 radical (unpaired) electrons. The van der Waals surface area contributed by atoms with Gasteiger partial charge in [0.1, 0.15) is 23.2 Å². The fourth-order valence-corrected chi connectivity index (χ4v) is 6.86. The van der Waals surface area contributed by atoms with Gasteiger partial charge < -0.3 is 24.6 Å². The maximum absolute atomic E-state index is 15.2. The molecule has 260 valence electrons. The molecule has 50 heavy (non-hydrogen) atoms. The molecule has 0 spiro atoms. The lowest BCUT2D eigenvalue weighted by atomic mass is 9.90. The van der Waals surface area contributed by atoms with E-state index in [-0.39, 0.29) is 39.9 Å². The summed E-state index contributed by atoms with van der Waals surface area (Å²) >= 11 is 0. The molecule has 1 unspecified atom stereocenters. The van der Waals surface area contributed by atoms with E-state index in [9.17, 15) is 32.7 Å². The number of benzene rings is 4. The Labute approximate surface area is 282 Å². The molecule has 0 saturated carbocycles. The second kappa shape index (κ2) is 13.5. The summed E-state index contributed by atoms with van der Waals surface area (Å²) in [5.74, 6) is -4.94. The van der Waals surface area contributed by atoms with Gasteiger partial charge in [-0.3, -0.25) is 9.59 Å². The van der Waals surface area contributed by atoms with E-state index in [0.717, 1.165) is 23.1 Å². The van der Waals surface area contributed by atoms with E-state index in [2.05, 4.69) is 5.32 Å². The minimum atomic E-state index is -4.90. The van der Waals surface area contributed by atoms with Gasteiger partial charge in [0.15, 0.2) is 0 Å². The minimum Gasteiger partial charge on any atom is -0.480 e. The number of halogens is 5. The van der Waals surface area contributed by atoms with Crippen LogP contribution in [0.25, 0.3) is 32.8 Å². The molecule has 8 nitrogen and oxygen atoms in total. The zero-order valence-corrected chi connectivity index (χ0v) is 27.0. The van der Waals surface area contributed by atoms with Crippen molar-refractivity contribution in [3.63, 3.8) is 0 Å². The number of hydrogen-bond acceptors (Lipinski definition) is 5. The number of para-hydroxylation sites is 1.